The van der Waals surface area contributed by atoms with Gasteiger partial charge in [-0.3, -0.25) is 9.59 Å². The Hall–Kier alpha value is -3.89. The monoisotopic (exact) mass is 496 g/mol. The summed E-state index contributed by atoms with van der Waals surface area (Å²) in [7, 11) is 1.38. The van der Waals surface area contributed by atoms with Crippen molar-refractivity contribution in [2.24, 2.45) is 5.92 Å². The lowest BCUT2D eigenvalue weighted by Crippen LogP contribution is -2.36. The van der Waals surface area contributed by atoms with E-state index in [4.69, 9.17) is 9.26 Å². The molecule has 1 aliphatic carbocycles. The quantitative estimate of drug-likeness (QED) is 0.486. The summed E-state index contributed by atoms with van der Waals surface area (Å²) in [4.78, 5) is 37.1. The molecule has 0 spiro atoms. The van der Waals surface area contributed by atoms with E-state index in [1.54, 1.807) is 19.9 Å². The molecule has 4 rings (SSSR count). The molecular formula is C25H29FN6O4. The number of rotatable bonds is 8. The highest BCUT2D eigenvalue weighted by molar-refractivity contribution is 5.93. The normalized spacial score (nSPS) is 17.4. The van der Waals surface area contributed by atoms with Crippen LogP contribution in [0.25, 0.3) is 11.5 Å². The molecule has 190 valence electrons. The number of aryl methyl sites for hydroxylation is 1. The van der Waals surface area contributed by atoms with Crippen LogP contribution in [0.4, 0.5) is 4.39 Å². The summed E-state index contributed by atoms with van der Waals surface area (Å²) < 4.78 is 24.0. The molecule has 1 saturated carbocycles. The molecule has 0 atom stereocenters. The van der Waals surface area contributed by atoms with Crippen LogP contribution in [0, 0.1) is 18.7 Å². The molecule has 3 aromatic rings. The number of nitrogens with zero attached hydrogens (tertiary/aromatic N) is 4. The van der Waals surface area contributed by atoms with Gasteiger partial charge in [0.1, 0.15) is 17.2 Å². The highest BCUT2D eigenvalue weighted by atomic mass is 19.1. The summed E-state index contributed by atoms with van der Waals surface area (Å²) in [6, 6.07) is 6.13. The minimum atomic E-state index is -0.471. The predicted molar refractivity (Wildman–Crippen MR) is 127 cm³/mol. The summed E-state index contributed by atoms with van der Waals surface area (Å²) in [5, 5.41) is 9.80. The van der Waals surface area contributed by atoms with E-state index in [0.29, 0.717) is 41.1 Å². The molecule has 2 aromatic heterocycles. The average molecular weight is 497 g/mol. The van der Waals surface area contributed by atoms with Crippen LogP contribution in [0.2, 0.25) is 0 Å². The number of hydrogen-bond donors (Lipinski definition) is 2. The molecule has 1 aromatic carbocycles. The van der Waals surface area contributed by atoms with E-state index >= 15 is 0 Å². The number of amides is 2. The number of methoxy groups -OCH3 is 1. The third-order valence-electron chi connectivity index (χ3n) is 6.15. The first kappa shape index (κ1) is 25.2. The molecule has 0 saturated heterocycles. The zero-order valence-corrected chi connectivity index (χ0v) is 20.5. The van der Waals surface area contributed by atoms with Crippen molar-refractivity contribution in [2.75, 3.05) is 7.11 Å². The van der Waals surface area contributed by atoms with E-state index in [-0.39, 0.29) is 29.9 Å². The predicted octanol–water partition coefficient (Wildman–Crippen LogP) is 3.15. The lowest BCUT2D eigenvalue weighted by Gasteiger charge is -2.27. The summed E-state index contributed by atoms with van der Waals surface area (Å²) in [6.07, 6.45) is 4.45. The van der Waals surface area contributed by atoms with Crippen molar-refractivity contribution in [2.45, 2.75) is 58.5 Å². The molecule has 36 heavy (non-hydrogen) atoms. The Labute approximate surface area is 208 Å². The van der Waals surface area contributed by atoms with Crippen LogP contribution < -0.4 is 15.4 Å². The van der Waals surface area contributed by atoms with E-state index < -0.39 is 11.7 Å². The number of benzene rings is 1. The van der Waals surface area contributed by atoms with E-state index in [9.17, 15) is 14.0 Å². The van der Waals surface area contributed by atoms with Gasteiger partial charge in [-0.1, -0.05) is 11.2 Å². The third kappa shape index (κ3) is 6.41. The highest BCUT2D eigenvalue weighted by Gasteiger charge is 2.24. The Kier molecular flexibility index (Phi) is 7.87. The topological polar surface area (TPSA) is 132 Å². The number of carbonyl (C=O) groups excluding carboxylic acids is 2. The van der Waals surface area contributed by atoms with Gasteiger partial charge in [0.05, 0.1) is 7.11 Å². The standard InChI is InChI=1S/C25H29FN6O4/c1-14-28-20(12-21(29-14)25(34)27-13-17-6-9-19(26)22(10-17)35-3)24-31-23(36-32-24)11-16-4-7-18(8-5-16)30-15(2)33/h6,9-10,12,16,18H,4-5,7-8,11,13H2,1-3H3,(H,27,34)(H,30,33). The Balaban J connectivity index is 1.38. The molecule has 0 radical (unpaired) electrons. The minimum absolute atomic E-state index is 0.00359. The van der Waals surface area contributed by atoms with Crippen LogP contribution in [0.1, 0.15) is 60.4 Å². The van der Waals surface area contributed by atoms with Crippen molar-refractivity contribution in [3.8, 4) is 17.3 Å². The molecule has 10 nitrogen and oxygen atoms in total. The SMILES string of the molecule is COc1cc(CNC(=O)c2cc(-c3noc(CC4CCC(NC(C)=O)CC4)n3)nc(C)n2)ccc1F. The fraction of sp³-hybridized carbons (Fsp3) is 0.440. The van der Waals surface area contributed by atoms with Gasteiger partial charge in [-0.05, 0) is 62.3 Å². The molecule has 0 bridgehead atoms. The molecule has 2 amide bonds. The largest absolute Gasteiger partial charge is 0.494 e. The Morgan fingerprint density at radius 1 is 1.14 bits per heavy atom. The van der Waals surface area contributed by atoms with Crippen molar-refractivity contribution >= 4 is 11.8 Å². The van der Waals surface area contributed by atoms with Gasteiger partial charge in [-0.25, -0.2) is 14.4 Å². The van der Waals surface area contributed by atoms with Gasteiger partial charge in [0.15, 0.2) is 11.6 Å². The molecule has 0 unspecified atom stereocenters. The van der Waals surface area contributed by atoms with Crippen molar-refractivity contribution < 1.29 is 23.2 Å². The van der Waals surface area contributed by atoms with E-state index in [0.717, 1.165) is 25.7 Å². The Morgan fingerprint density at radius 2 is 1.92 bits per heavy atom. The van der Waals surface area contributed by atoms with E-state index in [1.165, 1.54) is 25.3 Å². The van der Waals surface area contributed by atoms with Crippen LogP contribution in [-0.2, 0) is 17.8 Å². The summed E-state index contributed by atoms with van der Waals surface area (Å²) in [5.41, 5.74) is 1.23. The van der Waals surface area contributed by atoms with Crippen LogP contribution in [-0.4, -0.2) is 45.1 Å². The summed E-state index contributed by atoms with van der Waals surface area (Å²) in [5.74, 6) is 0.829. The number of halogens is 1. The first-order valence-corrected chi connectivity index (χ1v) is 11.9. The zero-order valence-electron chi connectivity index (χ0n) is 20.5. The number of nitrogens with one attached hydrogen (secondary N) is 2. The lowest BCUT2D eigenvalue weighted by molar-refractivity contribution is -0.119. The molecule has 1 aliphatic rings. The Morgan fingerprint density at radius 3 is 2.64 bits per heavy atom. The maximum Gasteiger partial charge on any atom is 0.270 e. The number of aromatic nitrogens is 4. The van der Waals surface area contributed by atoms with Gasteiger partial charge >= 0.3 is 0 Å². The fourth-order valence-electron chi connectivity index (χ4n) is 4.37. The highest BCUT2D eigenvalue weighted by Crippen LogP contribution is 2.27. The van der Waals surface area contributed by atoms with Crippen molar-refractivity contribution in [1.29, 1.82) is 0 Å². The van der Waals surface area contributed by atoms with Gasteiger partial charge in [-0.2, -0.15) is 4.98 Å². The van der Waals surface area contributed by atoms with Crippen LogP contribution in [0.3, 0.4) is 0 Å². The first-order chi connectivity index (χ1) is 17.3. The van der Waals surface area contributed by atoms with Crippen LogP contribution in [0.5, 0.6) is 5.75 Å². The second kappa shape index (κ2) is 11.2. The van der Waals surface area contributed by atoms with Crippen molar-refractivity contribution in [3.05, 3.63) is 53.1 Å². The molecular weight excluding hydrogens is 467 g/mol. The second-order valence-electron chi connectivity index (χ2n) is 8.97. The average Bonchev–Trinajstić information content (AvgIpc) is 3.32. The van der Waals surface area contributed by atoms with E-state index in [1.807, 2.05) is 0 Å². The Bertz CT molecular complexity index is 1240. The molecule has 11 heteroatoms. The van der Waals surface area contributed by atoms with Crippen LogP contribution >= 0.6 is 0 Å². The summed E-state index contributed by atoms with van der Waals surface area (Å²) in [6.45, 7) is 3.39. The number of hydrogen-bond acceptors (Lipinski definition) is 8. The zero-order chi connectivity index (χ0) is 25.7. The number of carbonyl (C=O) groups is 2. The third-order valence-corrected chi connectivity index (χ3v) is 6.15. The lowest BCUT2D eigenvalue weighted by atomic mass is 9.84. The van der Waals surface area contributed by atoms with Gasteiger partial charge in [0, 0.05) is 25.9 Å². The van der Waals surface area contributed by atoms with Gasteiger partial charge < -0.3 is 19.9 Å². The molecule has 2 heterocycles. The van der Waals surface area contributed by atoms with Gasteiger partial charge in [0.2, 0.25) is 17.6 Å². The molecule has 1 fully saturated rings. The van der Waals surface area contributed by atoms with Crippen molar-refractivity contribution in [1.82, 2.24) is 30.7 Å². The number of ether oxygens (including phenoxy) is 1. The second-order valence-corrected chi connectivity index (χ2v) is 8.97. The van der Waals surface area contributed by atoms with E-state index in [2.05, 4.69) is 30.7 Å². The maximum atomic E-state index is 13.6. The molecule has 0 aliphatic heterocycles. The smallest absolute Gasteiger partial charge is 0.270 e. The van der Waals surface area contributed by atoms with Crippen molar-refractivity contribution in [3.63, 3.8) is 0 Å². The first-order valence-electron chi connectivity index (χ1n) is 11.9. The van der Waals surface area contributed by atoms with Gasteiger partial charge in [-0.15, -0.1) is 0 Å². The minimum Gasteiger partial charge on any atom is -0.494 e. The van der Waals surface area contributed by atoms with Crippen LogP contribution in [0.15, 0.2) is 28.8 Å². The molecule has 2 N–H and O–H groups in total. The maximum absolute atomic E-state index is 13.6. The van der Waals surface area contributed by atoms with Gasteiger partial charge in [0.25, 0.3) is 5.91 Å². The summed E-state index contributed by atoms with van der Waals surface area (Å²) >= 11 is 0. The fourth-order valence-corrected chi connectivity index (χ4v) is 4.37.